The number of aryl methyl sites for hydroxylation is 1. The van der Waals surface area contributed by atoms with Crippen LogP contribution in [0.2, 0.25) is 5.02 Å². The first-order valence-corrected chi connectivity index (χ1v) is 11.7. The maximum atomic E-state index is 12.9. The number of carbonyl (C=O) groups is 3. The van der Waals surface area contributed by atoms with Crippen LogP contribution in [-0.2, 0) is 16.2 Å². The molecule has 0 aliphatic carbocycles. The number of rotatable bonds is 7. The molecule has 1 N–H and O–H groups in total. The average Bonchev–Trinajstić information content (AvgIpc) is 3.08. The largest absolute Gasteiger partial charge is 0.488 e. The molecule has 3 aromatic rings. The lowest BCUT2D eigenvalue weighted by Crippen LogP contribution is -2.36. The quantitative estimate of drug-likeness (QED) is 0.415. The van der Waals surface area contributed by atoms with Crippen LogP contribution in [-0.4, -0.2) is 28.5 Å². The molecule has 0 unspecified atom stereocenters. The Labute approximate surface area is 206 Å². The van der Waals surface area contributed by atoms with Gasteiger partial charge in [0.15, 0.2) is 0 Å². The summed E-state index contributed by atoms with van der Waals surface area (Å²) in [6.07, 6.45) is 1.61. The summed E-state index contributed by atoms with van der Waals surface area (Å²) in [6, 6.07) is 21.9. The lowest BCUT2D eigenvalue weighted by atomic mass is 10.1. The Bertz CT molecular complexity index is 1270. The van der Waals surface area contributed by atoms with Gasteiger partial charge in [-0.05, 0) is 60.2 Å². The van der Waals surface area contributed by atoms with Gasteiger partial charge in [0, 0.05) is 16.3 Å². The Morgan fingerprint density at radius 2 is 1.74 bits per heavy atom. The van der Waals surface area contributed by atoms with Gasteiger partial charge >= 0.3 is 0 Å². The van der Waals surface area contributed by atoms with Crippen LogP contribution in [0.15, 0.2) is 77.7 Å². The van der Waals surface area contributed by atoms with Crippen molar-refractivity contribution in [3.63, 3.8) is 0 Å². The van der Waals surface area contributed by atoms with Crippen LogP contribution >= 0.6 is 23.4 Å². The van der Waals surface area contributed by atoms with Gasteiger partial charge in [0.05, 0.1) is 4.91 Å². The molecule has 4 rings (SSSR count). The first kappa shape index (κ1) is 23.6. The molecule has 3 aromatic carbocycles. The van der Waals surface area contributed by atoms with Crippen LogP contribution in [0.5, 0.6) is 5.75 Å². The van der Waals surface area contributed by atoms with Crippen LogP contribution in [0.3, 0.4) is 0 Å². The molecule has 1 fully saturated rings. The molecule has 0 saturated carbocycles. The van der Waals surface area contributed by atoms with E-state index in [-0.39, 0.29) is 11.4 Å². The third kappa shape index (κ3) is 5.68. The molecule has 6 nitrogen and oxygen atoms in total. The summed E-state index contributed by atoms with van der Waals surface area (Å²) < 4.78 is 5.93. The van der Waals surface area contributed by atoms with Crippen LogP contribution < -0.4 is 10.1 Å². The third-order valence-electron chi connectivity index (χ3n) is 5.11. The van der Waals surface area contributed by atoms with Crippen molar-refractivity contribution in [1.29, 1.82) is 0 Å². The molecule has 1 aliphatic heterocycles. The predicted molar refractivity (Wildman–Crippen MR) is 135 cm³/mol. The standard InChI is InChI=1S/C26H21ClN2O4S/c1-17-6-2-4-8-21(17)28-24(30)15-29-25(31)23(34-26(29)32)14-19-7-3-5-9-22(19)33-16-18-10-12-20(27)13-11-18/h2-14H,15-16H2,1H3,(H,28,30)/b23-14+. The Balaban J connectivity index is 1.45. The number of para-hydroxylation sites is 2. The molecule has 1 saturated heterocycles. The zero-order chi connectivity index (χ0) is 24.1. The van der Waals surface area contributed by atoms with Gasteiger partial charge in [-0.1, -0.05) is 60.1 Å². The third-order valence-corrected chi connectivity index (χ3v) is 6.27. The van der Waals surface area contributed by atoms with Crippen molar-refractivity contribution in [3.05, 3.63) is 99.4 Å². The van der Waals surface area contributed by atoms with Crippen molar-refractivity contribution in [2.45, 2.75) is 13.5 Å². The van der Waals surface area contributed by atoms with Gasteiger partial charge in [-0.3, -0.25) is 19.3 Å². The molecule has 1 aliphatic rings. The highest BCUT2D eigenvalue weighted by Crippen LogP contribution is 2.34. The van der Waals surface area contributed by atoms with E-state index in [4.69, 9.17) is 16.3 Å². The zero-order valence-electron chi connectivity index (χ0n) is 18.3. The molecule has 0 aromatic heterocycles. The molecule has 0 bridgehead atoms. The number of hydrogen-bond donors (Lipinski definition) is 1. The van der Waals surface area contributed by atoms with E-state index in [0.717, 1.165) is 27.8 Å². The molecule has 0 atom stereocenters. The number of nitrogens with one attached hydrogen (secondary N) is 1. The Kier molecular flexibility index (Phi) is 7.35. The number of ether oxygens (including phenoxy) is 1. The van der Waals surface area contributed by atoms with Gasteiger partial charge in [-0.15, -0.1) is 0 Å². The summed E-state index contributed by atoms with van der Waals surface area (Å²) >= 11 is 6.73. The Morgan fingerprint density at radius 3 is 2.50 bits per heavy atom. The average molecular weight is 493 g/mol. The van der Waals surface area contributed by atoms with Gasteiger partial charge in [-0.2, -0.15) is 0 Å². The number of benzene rings is 3. The van der Waals surface area contributed by atoms with Crippen molar-refractivity contribution in [3.8, 4) is 5.75 Å². The minimum absolute atomic E-state index is 0.233. The minimum atomic E-state index is -0.512. The monoisotopic (exact) mass is 492 g/mol. The molecule has 1 heterocycles. The van der Waals surface area contributed by atoms with E-state index in [1.807, 2.05) is 43.3 Å². The van der Waals surface area contributed by atoms with E-state index in [2.05, 4.69) is 5.32 Å². The number of carbonyl (C=O) groups excluding carboxylic acids is 3. The van der Waals surface area contributed by atoms with Crippen LogP contribution in [0.4, 0.5) is 10.5 Å². The lowest BCUT2D eigenvalue weighted by molar-refractivity contribution is -0.127. The second-order valence-corrected chi connectivity index (χ2v) is 9.01. The van der Waals surface area contributed by atoms with Crippen LogP contribution in [0.25, 0.3) is 6.08 Å². The molecule has 0 spiro atoms. The molecule has 3 amide bonds. The van der Waals surface area contributed by atoms with Gasteiger partial charge in [0.25, 0.3) is 11.1 Å². The number of amides is 3. The summed E-state index contributed by atoms with van der Waals surface area (Å²) in [7, 11) is 0. The number of hydrogen-bond acceptors (Lipinski definition) is 5. The predicted octanol–water partition coefficient (Wildman–Crippen LogP) is 5.90. The van der Waals surface area contributed by atoms with Crippen molar-refractivity contribution >= 4 is 52.2 Å². The molecule has 34 heavy (non-hydrogen) atoms. The topological polar surface area (TPSA) is 75.7 Å². The number of halogens is 1. The fourth-order valence-electron chi connectivity index (χ4n) is 3.30. The SMILES string of the molecule is Cc1ccccc1NC(=O)CN1C(=O)S/C(=C/c2ccccc2OCc2ccc(Cl)cc2)C1=O. The fraction of sp³-hybridized carbons (Fsp3) is 0.115. The molecule has 0 radical (unpaired) electrons. The Hall–Kier alpha value is -3.55. The normalized spacial score (nSPS) is 14.5. The zero-order valence-corrected chi connectivity index (χ0v) is 19.9. The first-order valence-electron chi connectivity index (χ1n) is 10.5. The van der Waals surface area contributed by atoms with E-state index in [9.17, 15) is 14.4 Å². The maximum absolute atomic E-state index is 12.9. The van der Waals surface area contributed by atoms with Crippen molar-refractivity contribution in [2.75, 3.05) is 11.9 Å². The first-order chi connectivity index (χ1) is 16.4. The van der Waals surface area contributed by atoms with E-state index < -0.39 is 17.1 Å². The molecule has 172 valence electrons. The fourth-order valence-corrected chi connectivity index (χ4v) is 4.25. The van der Waals surface area contributed by atoms with Gasteiger partial charge in [-0.25, -0.2) is 0 Å². The second kappa shape index (κ2) is 10.6. The van der Waals surface area contributed by atoms with E-state index in [1.54, 1.807) is 42.5 Å². The number of thioether (sulfide) groups is 1. The number of anilines is 1. The second-order valence-electron chi connectivity index (χ2n) is 7.58. The molecular weight excluding hydrogens is 472 g/mol. The summed E-state index contributed by atoms with van der Waals surface area (Å²) in [5.41, 5.74) is 3.13. The van der Waals surface area contributed by atoms with E-state index in [1.165, 1.54) is 0 Å². The highest BCUT2D eigenvalue weighted by molar-refractivity contribution is 8.18. The Morgan fingerprint density at radius 1 is 1.03 bits per heavy atom. The maximum Gasteiger partial charge on any atom is 0.294 e. The summed E-state index contributed by atoms with van der Waals surface area (Å²) in [4.78, 5) is 39.0. The molecular formula is C26H21ClN2O4S. The summed E-state index contributed by atoms with van der Waals surface area (Å²) in [6.45, 7) is 1.83. The van der Waals surface area contributed by atoms with Gasteiger partial charge in [0.2, 0.25) is 5.91 Å². The van der Waals surface area contributed by atoms with Gasteiger partial charge < -0.3 is 10.1 Å². The van der Waals surface area contributed by atoms with Crippen LogP contribution in [0.1, 0.15) is 16.7 Å². The van der Waals surface area contributed by atoms with E-state index >= 15 is 0 Å². The minimum Gasteiger partial charge on any atom is -0.488 e. The lowest BCUT2D eigenvalue weighted by Gasteiger charge is -2.13. The van der Waals surface area contributed by atoms with Crippen molar-refractivity contribution < 1.29 is 19.1 Å². The smallest absolute Gasteiger partial charge is 0.294 e. The molecule has 8 heteroatoms. The van der Waals surface area contributed by atoms with Crippen molar-refractivity contribution in [1.82, 2.24) is 4.90 Å². The van der Waals surface area contributed by atoms with E-state index in [0.29, 0.717) is 28.6 Å². The number of imide groups is 1. The summed E-state index contributed by atoms with van der Waals surface area (Å²) in [5, 5.41) is 2.90. The van der Waals surface area contributed by atoms with Crippen LogP contribution in [0, 0.1) is 6.92 Å². The highest BCUT2D eigenvalue weighted by atomic mass is 35.5. The summed E-state index contributed by atoms with van der Waals surface area (Å²) in [5.74, 6) is -0.381. The van der Waals surface area contributed by atoms with Crippen molar-refractivity contribution in [2.24, 2.45) is 0 Å². The number of nitrogens with zero attached hydrogens (tertiary/aromatic N) is 1. The van der Waals surface area contributed by atoms with Gasteiger partial charge in [0.1, 0.15) is 18.9 Å². The highest BCUT2D eigenvalue weighted by Gasteiger charge is 2.36.